The summed E-state index contributed by atoms with van der Waals surface area (Å²) in [4.78, 5) is 22.9. The molecule has 0 aliphatic rings. The van der Waals surface area contributed by atoms with E-state index in [1.165, 1.54) is 6.07 Å². The van der Waals surface area contributed by atoms with E-state index in [2.05, 4.69) is 0 Å². The molecule has 0 amide bonds. The predicted molar refractivity (Wildman–Crippen MR) is 68.0 cm³/mol. The lowest BCUT2D eigenvalue weighted by Crippen LogP contribution is -2.37. The summed E-state index contributed by atoms with van der Waals surface area (Å²) in [5.41, 5.74) is 1.22. The number of nitro groups is 1. The van der Waals surface area contributed by atoms with Crippen LogP contribution in [0.4, 0.5) is 11.4 Å². The van der Waals surface area contributed by atoms with Crippen LogP contribution >= 0.6 is 0 Å². The van der Waals surface area contributed by atoms with E-state index in [0.29, 0.717) is 17.7 Å². The van der Waals surface area contributed by atoms with Crippen molar-refractivity contribution >= 4 is 17.3 Å². The summed E-state index contributed by atoms with van der Waals surface area (Å²) < 4.78 is 0. The molecule has 0 fully saturated rings. The Labute approximate surface area is 105 Å². The topological polar surface area (TPSA) is 83.7 Å². The normalized spacial score (nSPS) is 11.9. The number of anilines is 1. The minimum absolute atomic E-state index is 0.0375. The first-order chi connectivity index (χ1) is 8.38. The molecular weight excluding hydrogens is 236 g/mol. The summed E-state index contributed by atoms with van der Waals surface area (Å²) in [6, 6.07) is 3.96. The summed E-state index contributed by atoms with van der Waals surface area (Å²) in [6.45, 7) is 3.42. The van der Waals surface area contributed by atoms with Crippen molar-refractivity contribution in [1.82, 2.24) is 0 Å². The number of hydrogen-bond donors (Lipinski definition) is 1. The first-order valence-electron chi connectivity index (χ1n) is 5.59. The molecule has 0 bridgehead atoms. The third-order valence-corrected chi connectivity index (χ3v) is 2.92. The van der Waals surface area contributed by atoms with Crippen LogP contribution in [-0.4, -0.2) is 29.1 Å². The van der Waals surface area contributed by atoms with Crippen molar-refractivity contribution < 1.29 is 14.8 Å². The zero-order chi connectivity index (χ0) is 13.9. The zero-order valence-electron chi connectivity index (χ0n) is 10.6. The first kappa shape index (κ1) is 14.0. The molecule has 0 saturated heterocycles. The number of hydrogen-bond acceptors (Lipinski definition) is 4. The Morgan fingerprint density at radius 3 is 2.56 bits per heavy atom. The van der Waals surface area contributed by atoms with Crippen LogP contribution in [0.2, 0.25) is 0 Å². The Morgan fingerprint density at radius 1 is 1.56 bits per heavy atom. The fourth-order valence-corrected chi connectivity index (χ4v) is 1.86. The molecule has 0 spiro atoms. The maximum absolute atomic E-state index is 11.1. The molecule has 0 saturated carbocycles. The summed E-state index contributed by atoms with van der Waals surface area (Å²) in [5, 5.41) is 19.8. The third-order valence-electron chi connectivity index (χ3n) is 2.92. The molecule has 0 aromatic heterocycles. The monoisotopic (exact) mass is 252 g/mol. The Morgan fingerprint density at radius 2 is 2.17 bits per heavy atom. The molecular formula is C12H16N2O4. The number of carbonyl (C=O) groups is 1. The molecule has 1 rings (SSSR count). The number of aryl methyl sites for hydroxylation is 1. The second kappa shape index (κ2) is 5.48. The smallest absolute Gasteiger partial charge is 0.326 e. The van der Waals surface area contributed by atoms with Crippen molar-refractivity contribution in [3.63, 3.8) is 0 Å². The molecule has 1 unspecified atom stereocenters. The van der Waals surface area contributed by atoms with Gasteiger partial charge >= 0.3 is 5.97 Å². The highest BCUT2D eigenvalue weighted by Gasteiger charge is 2.22. The summed E-state index contributed by atoms with van der Waals surface area (Å²) >= 11 is 0. The number of benzene rings is 1. The molecule has 0 heterocycles. The Hall–Kier alpha value is -2.11. The molecule has 0 aliphatic carbocycles. The van der Waals surface area contributed by atoms with Crippen LogP contribution in [0.5, 0.6) is 0 Å². The van der Waals surface area contributed by atoms with E-state index < -0.39 is 16.9 Å². The van der Waals surface area contributed by atoms with Crippen LogP contribution in [0.25, 0.3) is 0 Å². The fraction of sp³-hybridized carbons (Fsp3) is 0.417. The van der Waals surface area contributed by atoms with Gasteiger partial charge < -0.3 is 10.0 Å². The lowest BCUT2D eigenvalue weighted by molar-refractivity contribution is -0.385. The van der Waals surface area contributed by atoms with Gasteiger partial charge in [0.25, 0.3) is 5.69 Å². The molecule has 98 valence electrons. The van der Waals surface area contributed by atoms with E-state index in [1.54, 1.807) is 37.9 Å². The van der Waals surface area contributed by atoms with Crippen molar-refractivity contribution in [1.29, 1.82) is 0 Å². The minimum atomic E-state index is -0.906. The molecule has 0 radical (unpaired) electrons. The second-order valence-electron chi connectivity index (χ2n) is 4.10. The number of nitro benzene ring substituents is 1. The van der Waals surface area contributed by atoms with Crippen molar-refractivity contribution in [3.05, 3.63) is 33.9 Å². The van der Waals surface area contributed by atoms with E-state index in [9.17, 15) is 14.9 Å². The van der Waals surface area contributed by atoms with Gasteiger partial charge in [-0.2, -0.15) is 0 Å². The van der Waals surface area contributed by atoms with Crippen molar-refractivity contribution in [3.8, 4) is 0 Å². The molecule has 1 atom stereocenters. The van der Waals surface area contributed by atoms with Crippen LogP contribution in [0.1, 0.15) is 18.9 Å². The Kier molecular flexibility index (Phi) is 4.25. The quantitative estimate of drug-likeness (QED) is 0.641. The van der Waals surface area contributed by atoms with Gasteiger partial charge in [-0.25, -0.2) is 4.79 Å². The first-order valence-corrected chi connectivity index (χ1v) is 5.59. The van der Waals surface area contributed by atoms with E-state index in [-0.39, 0.29) is 5.69 Å². The van der Waals surface area contributed by atoms with Gasteiger partial charge in [-0.05, 0) is 25.5 Å². The van der Waals surface area contributed by atoms with Gasteiger partial charge in [0.15, 0.2) is 0 Å². The summed E-state index contributed by atoms with van der Waals surface area (Å²) in [5.74, 6) is -0.906. The van der Waals surface area contributed by atoms with Gasteiger partial charge in [-0.15, -0.1) is 0 Å². The molecule has 1 aromatic carbocycles. The summed E-state index contributed by atoms with van der Waals surface area (Å²) in [6.07, 6.45) is 0.460. The van der Waals surface area contributed by atoms with Crippen LogP contribution in [0.15, 0.2) is 18.2 Å². The largest absolute Gasteiger partial charge is 0.480 e. The van der Waals surface area contributed by atoms with Crippen LogP contribution in [0, 0.1) is 17.0 Å². The van der Waals surface area contributed by atoms with Gasteiger partial charge in [-0.1, -0.05) is 6.92 Å². The highest BCUT2D eigenvalue weighted by molar-refractivity contribution is 5.78. The van der Waals surface area contributed by atoms with Crippen LogP contribution in [0.3, 0.4) is 0 Å². The van der Waals surface area contributed by atoms with Gasteiger partial charge in [0.2, 0.25) is 0 Å². The number of rotatable bonds is 5. The fourth-order valence-electron chi connectivity index (χ4n) is 1.86. The van der Waals surface area contributed by atoms with Gasteiger partial charge in [0.05, 0.1) is 4.92 Å². The van der Waals surface area contributed by atoms with Crippen molar-refractivity contribution in [2.24, 2.45) is 0 Å². The number of carboxylic acid groups (broad SMARTS) is 1. The van der Waals surface area contributed by atoms with Crippen molar-refractivity contribution in [2.45, 2.75) is 26.3 Å². The molecule has 6 heteroatoms. The number of aliphatic carboxylic acids is 1. The highest BCUT2D eigenvalue weighted by Crippen LogP contribution is 2.25. The average molecular weight is 252 g/mol. The zero-order valence-corrected chi connectivity index (χ0v) is 10.6. The van der Waals surface area contributed by atoms with Crippen molar-refractivity contribution in [2.75, 3.05) is 11.9 Å². The standard InChI is InChI=1S/C12H16N2O4/c1-4-10(12(15)16)13(3)9-5-6-11(14(17)18)8(2)7-9/h5-7,10H,4H2,1-3H3,(H,15,16). The van der Waals surface area contributed by atoms with E-state index in [4.69, 9.17) is 5.11 Å². The Balaban J connectivity index is 3.07. The van der Waals surface area contributed by atoms with Crippen LogP contribution in [-0.2, 0) is 4.79 Å². The van der Waals surface area contributed by atoms with E-state index in [1.807, 2.05) is 0 Å². The lowest BCUT2D eigenvalue weighted by Gasteiger charge is -2.26. The van der Waals surface area contributed by atoms with E-state index in [0.717, 1.165) is 0 Å². The van der Waals surface area contributed by atoms with Gasteiger partial charge in [-0.3, -0.25) is 10.1 Å². The SMILES string of the molecule is CCC(C(=O)O)N(C)c1ccc([N+](=O)[O-])c(C)c1. The lowest BCUT2D eigenvalue weighted by atomic mass is 10.1. The van der Waals surface area contributed by atoms with Crippen LogP contribution < -0.4 is 4.90 Å². The molecule has 18 heavy (non-hydrogen) atoms. The number of nitrogens with zero attached hydrogens (tertiary/aromatic N) is 2. The van der Waals surface area contributed by atoms with Gasteiger partial charge in [0.1, 0.15) is 6.04 Å². The molecule has 0 aliphatic heterocycles. The highest BCUT2D eigenvalue weighted by atomic mass is 16.6. The molecule has 6 nitrogen and oxygen atoms in total. The average Bonchev–Trinajstić information content (AvgIpc) is 2.28. The maximum atomic E-state index is 11.1. The van der Waals surface area contributed by atoms with E-state index >= 15 is 0 Å². The minimum Gasteiger partial charge on any atom is -0.480 e. The molecule has 1 aromatic rings. The molecule has 1 N–H and O–H groups in total. The Bertz CT molecular complexity index is 473. The third kappa shape index (κ3) is 2.77. The second-order valence-corrected chi connectivity index (χ2v) is 4.10. The maximum Gasteiger partial charge on any atom is 0.326 e. The number of carboxylic acids is 1. The predicted octanol–water partition coefficient (Wildman–Crippen LogP) is 2.20. The summed E-state index contributed by atoms with van der Waals surface area (Å²) in [7, 11) is 1.67. The number of likely N-dealkylation sites (N-methyl/N-ethyl adjacent to an activating group) is 1. The van der Waals surface area contributed by atoms with Gasteiger partial charge in [0, 0.05) is 24.4 Å².